The van der Waals surface area contributed by atoms with E-state index < -0.39 is 5.41 Å². The number of nitrogens with zero attached hydrogens (tertiary/aromatic N) is 2. The van der Waals surface area contributed by atoms with Crippen molar-refractivity contribution in [3.63, 3.8) is 0 Å². The highest BCUT2D eigenvalue weighted by atomic mass is 15.1. The second kappa shape index (κ2) is 18.0. The third-order valence-electron chi connectivity index (χ3n) is 14.7. The molecular formula is C56H34B12N2. The number of anilines is 5. The van der Waals surface area contributed by atoms with Gasteiger partial charge in [-0.15, -0.1) is 28.3 Å². The van der Waals surface area contributed by atoms with Crippen LogP contribution in [0.3, 0.4) is 0 Å². The molecule has 0 amide bonds. The third-order valence-corrected chi connectivity index (χ3v) is 14.7. The molecule has 24 radical (unpaired) electrons. The smallest absolute Gasteiger partial charge is 0.127 e. The van der Waals surface area contributed by atoms with E-state index in [0.29, 0.717) is 37.8 Å². The summed E-state index contributed by atoms with van der Waals surface area (Å²) >= 11 is 0. The molecule has 0 saturated heterocycles. The summed E-state index contributed by atoms with van der Waals surface area (Å²) < 4.78 is 0. The molecule has 0 unspecified atom stereocenters. The van der Waals surface area contributed by atoms with Gasteiger partial charge in [-0.05, 0) is 121 Å². The Hall–Kier alpha value is -6.04. The van der Waals surface area contributed by atoms with Gasteiger partial charge in [-0.3, -0.25) is 0 Å². The third kappa shape index (κ3) is 7.27. The maximum atomic E-state index is 7.33. The van der Waals surface area contributed by atoms with Crippen molar-refractivity contribution in [1.82, 2.24) is 0 Å². The number of fused-ring (bicyclic) bond motifs is 6. The second-order valence-electron chi connectivity index (χ2n) is 18.9. The molecule has 0 aliphatic heterocycles. The number of benzene rings is 8. The van der Waals surface area contributed by atoms with Crippen LogP contribution in [0.25, 0.3) is 43.6 Å². The summed E-state index contributed by atoms with van der Waals surface area (Å²) in [5.41, 5.74) is 11.2. The van der Waals surface area contributed by atoms with Gasteiger partial charge in [0.2, 0.25) is 0 Å². The minimum absolute atomic E-state index is 0.111. The molecule has 0 heterocycles. The first-order valence-corrected chi connectivity index (χ1v) is 23.1. The van der Waals surface area contributed by atoms with Gasteiger partial charge in [-0.1, -0.05) is 131 Å². The fourth-order valence-corrected chi connectivity index (χ4v) is 10.8. The fraction of sp³-hybridized carbons (Fsp3) is 0.143. The lowest BCUT2D eigenvalue weighted by atomic mass is 9.59. The van der Waals surface area contributed by atoms with Crippen LogP contribution in [-0.4, -0.2) is 101 Å². The van der Waals surface area contributed by atoms with E-state index in [0.717, 1.165) is 80.6 Å². The summed E-state index contributed by atoms with van der Waals surface area (Å²) in [4.78, 5) is 4.23. The summed E-state index contributed by atoms with van der Waals surface area (Å²) in [5, 5.41) is 3.77. The average Bonchev–Trinajstić information content (AvgIpc) is 3.58. The molecule has 10 rings (SSSR count). The first kappa shape index (κ1) is 47.6. The van der Waals surface area contributed by atoms with Crippen molar-refractivity contribution >= 4 is 210 Å². The van der Waals surface area contributed by atoms with Gasteiger partial charge in [0, 0.05) is 40.1 Å². The Morgan fingerprint density at radius 3 is 1.73 bits per heavy atom. The molecule has 2 aliphatic carbocycles. The molecule has 14 heteroatoms. The zero-order chi connectivity index (χ0) is 49.7. The number of hydrogen-bond donors (Lipinski definition) is 0. The van der Waals surface area contributed by atoms with E-state index in [9.17, 15) is 0 Å². The van der Waals surface area contributed by atoms with Gasteiger partial charge < -0.3 is 9.80 Å². The number of terminal acetylenes is 1. The van der Waals surface area contributed by atoms with E-state index >= 15 is 0 Å². The van der Waals surface area contributed by atoms with Gasteiger partial charge in [0.1, 0.15) is 94.2 Å². The Labute approximate surface area is 427 Å². The minimum atomic E-state index is -0.551. The maximum Gasteiger partial charge on any atom is 0.127 e. The summed E-state index contributed by atoms with van der Waals surface area (Å²) in [5.74, 6) is 2.72. The van der Waals surface area contributed by atoms with Gasteiger partial charge in [0.15, 0.2) is 0 Å². The van der Waals surface area contributed by atoms with Crippen LogP contribution in [-0.2, 0) is 5.41 Å². The van der Waals surface area contributed by atoms with Crippen LogP contribution in [0.4, 0.5) is 28.4 Å². The summed E-state index contributed by atoms with van der Waals surface area (Å²) in [6.07, 6.45) is 8.85. The van der Waals surface area contributed by atoms with Gasteiger partial charge in [0.25, 0.3) is 0 Å². The van der Waals surface area contributed by atoms with E-state index in [1.165, 1.54) is 0 Å². The highest BCUT2D eigenvalue weighted by Crippen LogP contribution is 2.55. The van der Waals surface area contributed by atoms with Crippen molar-refractivity contribution in [2.75, 3.05) is 16.3 Å². The molecule has 70 heavy (non-hydrogen) atoms. The van der Waals surface area contributed by atoms with Crippen molar-refractivity contribution in [2.45, 2.75) is 44.4 Å². The number of hydrogen-bond acceptors (Lipinski definition) is 2. The predicted octanol–water partition coefficient (Wildman–Crippen LogP) is -0.000500. The van der Waals surface area contributed by atoms with E-state index in [1.54, 1.807) is 0 Å². The van der Waals surface area contributed by atoms with Gasteiger partial charge >= 0.3 is 0 Å². The molecule has 8 aromatic carbocycles. The Balaban J connectivity index is 1.19. The molecule has 0 bridgehead atoms. The van der Waals surface area contributed by atoms with Crippen molar-refractivity contribution in [2.24, 2.45) is 0 Å². The molecule has 1 saturated carbocycles. The van der Waals surface area contributed by atoms with E-state index in [2.05, 4.69) is 79.3 Å². The normalized spacial score (nSPS) is 14.6. The van der Waals surface area contributed by atoms with E-state index in [-0.39, 0.29) is 67.1 Å². The summed E-state index contributed by atoms with van der Waals surface area (Å²) in [6.45, 7) is 4.72. The largest absolute Gasteiger partial charge is 0.338 e. The van der Waals surface area contributed by atoms with Gasteiger partial charge in [-0.25, -0.2) is 0 Å². The van der Waals surface area contributed by atoms with Crippen molar-refractivity contribution in [3.8, 4) is 23.5 Å². The Bertz CT molecular complexity index is 3690. The molecule has 0 spiro atoms. The topological polar surface area (TPSA) is 6.48 Å². The first-order valence-electron chi connectivity index (χ1n) is 23.1. The van der Waals surface area contributed by atoms with E-state index in [1.807, 2.05) is 59.5 Å². The van der Waals surface area contributed by atoms with Crippen LogP contribution in [0.2, 0.25) is 0 Å². The summed E-state index contributed by atoms with van der Waals surface area (Å²) in [7, 11) is 81.2. The Morgan fingerprint density at radius 2 is 1.13 bits per heavy atom. The maximum absolute atomic E-state index is 7.33. The lowest BCUT2D eigenvalue weighted by molar-refractivity contribution is 0.419. The second-order valence-corrected chi connectivity index (χ2v) is 18.9. The zero-order valence-electron chi connectivity index (χ0n) is 39.2. The molecule has 2 aliphatic rings. The van der Waals surface area contributed by atoms with Crippen molar-refractivity contribution in [1.29, 1.82) is 0 Å². The highest BCUT2D eigenvalue weighted by Gasteiger charge is 2.39. The van der Waals surface area contributed by atoms with Crippen LogP contribution < -0.4 is 74.9 Å². The van der Waals surface area contributed by atoms with Crippen molar-refractivity contribution in [3.05, 3.63) is 136 Å². The highest BCUT2D eigenvalue weighted by molar-refractivity contribution is 6.72. The standard InChI is InChI=1S/C56H34B12N2/c1-4-36(57)42-41(39(27-14-13-15-27)45(59)51(65)46(42)60)37(58)26-69(28-16-7-5-8-17-28)30-22-23-33-34(24-30)56(2,3)35-25-38(31-20-11-12-21-32(31)40(33)35)70(29-18-9-6-10-19-29)55-50(64)44-43(49(63)54(55)68)47(61)52(66)53(67)48(44)62/h1,5-12,16-25,27H,13-15,26H2,2-3H3/b41-37+,42-36-. The lowest BCUT2D eigenvalue weighted by Gasteiger charge is -2.35. The van der Waals surface area contributed by atoms with Crippen LogP contribution in [0, 0.1) is 12.3 Å². The first-order chi connectivity index (χ1) is 33.5. The molecule has 1 fully saturated rings. The molecular weight excluding hydrogens is 830 g/mol. The zero-order valence-corrected chi connectivity index (χ0v) is 39.2. The minimum Gasteiger partial charge on any atom is -0.338 e. The van der Waals surface area contributed by atoms with Crippen LogP contribution in [0.5, 0.6) is 0 Å². The quantitative estimate of drug-likeness (QED) is 0.157. The molecule has 2 nitrogen and oxygen atoms in total. The predicted molar refractivity (Wildman–Crippen MR) is 310 cm³/mol. The molecule has 304 valence electrons. The van der Waals surface area contributed by atoms with Gasteiger partial charge in [0.05, 0.1) is 5.69 Å². The SMILES string of the molecule is [B]/C(C#C)=c1\c([B])c([B])c([B])c(C2CCC2)\c1=C(/[B])CN(c1ccccc1)c1ccc2c(c1)C(C)(C)c1cc(N(c3ccccc3)c3c([B])c([B])c4c([B])c([B])c([B])c([B])c4c3[B])c3ccccc3c1-2. The number of para-hydroxylation sites is 2. The van der Waals surface area contributed by atoms with Crippen LogP contribution in [0.1, 0.15) is 55.7 Å². The molecule has 8 aromatic rings. The van der Waals surface area contributed by atoms with E-state index in [4.69, 9.17) is 101 Å². The molecule has 0 N–H and O–H groups in total. The average molecular weight is 865 g/mol. The van der Waals surface area contributed by atoms with Crippen LogP contribution in [0.15, 0.2) is 109 Å². The Kier molecular flexibility index (Phi) is 12.2. The molecule has 0 atom stereocenters. The Morgan fingerprint density at radius 1 is 0.571 bits per heavy atom. The lowest BCUT2D eigenvalue weighted by Crippen LogP contribution is -2.59. The van der Waals surface area contributed by atoms with Gasteiger partial charge in [-0.2, -0.15) is 0 Å². The fourth-order valence-electron chi connectivity index (χ4n) is 10.8. The van der Waals surface area contributed by atoms with Crippen LogP contribution >= 0.6 is 0 Å². The molecule has 0 aromatic heterocycles. The summed E-state index contributed by atoms with van der Waals surface area (Å²) in [6, 6.07) is 37.1. The monoisotopic (exact) mass is 866 g/mol. The number of rotatable bonds is 8. The van der Waals surface area contributed by atoms with Crippen molar-refractivity contribution < 1.29 is 0 Å².